The van der Waals surface area contributed by atoms with E-state index < -0.39 is 11.5 Å². The second-order valence-corrected chi connectivity index (χ2v) is 3.22. The van der Waals surface area contributed by atoms with Gasteiger partial charge in [0, 0.05) is 6.54 Å². The average Bonchev–Trinajstić information content (AvgIpc) is 2.65. The molecule has 2 aromatic rings. The molecule has 0 aliphatic rings. The normalized spacial score (nSPS) is 10.8. The molecule has 0 saturated carbocycles. The number of amides is 1. The highest BCUT2D eigenvalue weighted by Crippen LogP contribution is 2.01. The second-order valence-electron chi connectivity index (χ2n) is 3.22. The molecule has 8 nitrogen and oxygen atoms in total. The predicted molar refractivity (Wildman–Crippen MR) is 54.5 cm³/mol. The summed E-state index contributed by atoms with van der Waals surface area (Å²) >= 11 is 0. The van der Waals surface area contributed by atoms with Crippen molar-refractivity contribution >= 4 is 17.1 Å². The van der Waals surface area contributed by atoms with Gasteiger partial charge in [0.25, 0.3) is 5.56 Å². The van der Waals surface area contributed by atoms with Gasteiger partial charge in [-0.15, -0.1) is 5.10 Å². The fourth-order valence-electron chi connectivity index (χ4n) is 1.38. The fourth-order valence-corrected chi connectivity index (χ4v) is 1.38. The Kier molecular flexibility index (Phi) is 2.39. The van der Waals surface area contributed by atoms with Crippen LogP contribution in [0.1, 0.15) is 6.92 Å². The summed E-state index contributed by atoms with van der Waals surface area (Å²) < 4.78 is 2.62. The third kappa shape index (κ3) is 1.53. The zero-order valence-corrected chi connectivity index (χ0v) is 8.62. The lowest BCUT2D eigenvalue weighted by atomic mass is 10.5. The van der Waals surface area contributed by atoms with Crippen LogP contribution in [0.15, 0.2) is 11.1 Å². The molecular weight excluding hydrogens is 212 g/mol. The number of aryl methyl sites for hydroxylation is 1. The number of nitrogens with two attached hydrogens (primary N) is 1. The lowest BCUT2D eigenvalue weighted by Gasteiger charge is -2.01. The van der Waals surface area contributed by atoms with Gasteiger partial charge in [0.2, 0.25) is 5.91 Å². The van der Waals surface area contributed by atoms with Crippen molar-refractivity contribution in [3.05, 3.63) is 16.7 Å². The van der Waals surface area contributed by atoms with Crippen LogP contribution in [0.2, 0.25) is 0 Å². The van der Waals surface area contributed by atoms with Crippen LogP contribution in [-0.2, 0) is 17.9 Å². The third-order valence-electron chi connectivity index (χ3n) is 2.12. The maximum atomic E-state index is 11.8. The smallest absolute Gasteiger partial charge is 0.283 e. The van der Waals surface area contributed by atoms with Crippen molar-refractivity contribution in [2.24, 2.45) is 5.73 Å². The molecule has 0 fully saturated rings. The monoisotopic (exact) mass is 222 g/mol. The van der Waals surface area contributed by atoms with Crippen molar-refractivity contribution in [1.29, 1.82) is 0 Å². The van der Waals surface area contributed by atoms with Crippen molar-refractivity contribution in [1.82, 2.24) is 24.5 Å². The molecule has 0 aliphatic carbocycles. The molecule has 0 saturated heterocycles. The Balaban J connectivity index is 2.62. The van der Waals surface area contributed by atoms with Gasteiger partial charge in [0.05, 0.1) is 0 Å². The first-order valence-corrected chi connectivity index (χ1v) is 4.70. The molecule has 0 atom stereocenters. The molecule has 2 N–H and O–H groups in total. The number of carbonyl (C=O) groups excluding carboxylic acids is 1. The Morgan fingerprint density at radius 1 is 1.56 bits per heavy atom. The van der Waals surface area contributed by atoms with Crippen LogP contribution in [-0.4, -0.2) is 30.5 Å². The first-order chi connectivity index (χ1) is 7.63. The van der Waals surface area contributed by atoms with Crippen LogP contribution < -0.4 is 11.3 Å². The number of primary amides is 1. The van der Waals surface area contributed by atoms with Crippen molar-refractivity contribution in [2.45, 2.75) is 20.0 Å². The molecule has 0 radical (unpaired) electrons. The van der Waals surface area contributed by atoms with E-state index in [0.717, 1.165) is 4.57 Å². The number of rotatable bonds is 3. The molecule has 2 heterocycles. The van der Waals surface area contributed by atoms with Crippen LogP contribution in [0.5, 0.6) is 0 Å². The zero-order valence-electron chi connectivity index (χ0n) is 8.62. The van der Waals surface area contributed by atoms with Gasteiger partial charge in [-0.2, -0.15) is 0 Å². The average molecular weight is 222 g/mol. The Bertz CT molecular complexity index is 598. The molecule has 2 rings (SSSR count). The van der Waals surface area contributed by atoms with Crippen molar-refractivity contribution in [2.75, 3.05) is 0 Å². The number of hydrogen-bond acceptors (Lipinski definition) is 5. The van der Waals surface area contributed by atoms with Gasteiger partial charge in [-0.3, -0.25) is 14.2 Å². The van der Waals surface area contributed by atoms with Gasteiger partial charge in [-0.25, -0.2) is 9.67 Å². The Labute approximate surface area is 89.7 Å². The molecule has 1 amide bonds. The predicted octanol–water partition coefficient (Wildman–Crippen LogP) is -1.51. The first-order valence-electron chi connectivity index (χ1n) is 4.70. The van der Waals surface area contributed by atoms with Crippen molar-refractivity contribution in [3.8, 4) is 0 Å². The SMILES string of the molecule is CCn1nnc2c(=O)n(CC(N)=O)cnc21. The summed E-state index contributed by atoms with van der Waals surface area (Å²) in [4.78, 5) is 26.5. The largest absolute Gasteiger partial charge is 0.368 e. The van der Waals surface area contributed by atoms with Crippen LogP contribution in [0.25, 0.3) is 11.2 Å². The summed E-state index contributed by atoms with van der Waals surface area (Å²) in [7, 11) is 0. The standard InChI is InChI=1S/C8H10N6O2/c1-2-14-7-6(11-12-14)8(16)13(4-10-7)3-5(9)15/h4H,2-3H2,1H3,(H2,9,15). The molecule has 8 heteroatoms. The Morgan fingerprint density at radius 2 is 2.31 bits per heavy atom. The van der Waals surface area contributed by atoms with E-state index in [4.69, 9.17) is 5.73 Å². The van der Waals surface area contributed by atoms with E-state index >= 15 is 0 Å². The number of aromatic nitrogens is 5. The van der Waals surface area contributed by atoms with Gasteiger partial charge < -0.3 is 5.73 Å². The first kappa shape index (κ1) is 10.3. The summed E-state index contributed by atoms with van der Waals surface area (Å²) in [5.41, 5.74) is 5.14. The quantitative estimate of drug-likeness (QED) is 0.679. The van der Waals surface area contributed by atoms with Crippen LogP contribution in [0, 0.1) is 0 Å². The van der Waals surface area contributed by atoms with E-state index in [1.807, 2.05) is 6.92 Å². The molecule has 0 spiro atoms. The van der Waals surface area contributed by atoms with Gasteiger partial charge in [0.15, 0.2) is 11.2 Å². The van der Waals surface area contributed by atoms with Crippen molar-refractivity contribution in [3.63, 3.8) is 0 Å². The van der Waals surface area contributed by atoms with E-state index in [1.165, 1.54) is 11.0 Å². The van der Waals surface area contributed by atoms with E-state index in [1.54, 1.807) is 0 Å². The van der Waals surface area contributed by atoms with Crippen LogP contribution in [0.4, 0.5) is 0 Å². The maximum absolute atomic E-state index is 11.8. The van der Waals surface area contributed by atoms with E-state index in [-0.39, 0.29) is 12.1 Å². The van der Waals surface area contributed by atoms with Gasteiger partial charge in [-0.05, 0) is 6.92 Å². The van der Waals surface area contributed by atoms with E-state index in [0.29, 0.717) is 12.2 Å². The van der Waals surface area contributed by atoms with Gasteiger partial charge in [0.1, 0.15) is 12.9 Å². The van der Waals surface area contributed by atoms with Crippen LogP contribution >= 0.6 is 0 Å². The number of fused-ring (bicyclic) bond motifs is 1. The molecule has 2 aromatic heterocycles. The van der Waals surface area contributed by atoms with Gasteiger partial charge in [-0.1, -0.05) is 5.21 Å². The minimum Gasteiger partial charge on any atom is -0.368 e. The van der Waals surface area contributed by atoms with Crippen LogP contribution in [0.3, 0.4) is 0 Å². The van der Waals surface area contributed by atoms with E-state index in [9.17, 15) is 9.59 Å². The summed E-state index contributed by atoms with van der Waals surface area (Å²) in [6.45, 7) is 2.23. The number of nitrogens with zero attached hydrogens (tertiary/aromatic N) is 5. The highest BCUT2D eigenvalue weighted by atomic mass is 16.2. The topological polar surface area (TPSA) is 109 Å². The molecular formula is C8H10N6O2. The zero-order chi connectivity index (χ0) is 11.7. The molecule has 0 unspecified atom stereocenters. The highest BCUT2D eigenvalue weighted by molar-refractivity contribution is 5.74. The number of carbonyl (C=O) groups is 1. The molecule has 0 bridgehead atoms. The molecule has 84 valence electrons. The second kappa shape index (κ2) is 3.72. The Morgan fingerprint density at radius 3 is 2.94 bits per heavy atom. The lowest BCUT2D eigenvalue weighted by molar-refractivity contribution is -0.118. The summed E-state index contributed by atoms with van der Waals surface area (Å²) in [6.07, 6.45) is 1.27. The summed E-state index contributed by atoms with van der Waals surface area (Å²) in [5, 5.41) is 7.49. The molecule has 0 aliphatic heterocycles. The molecule has 16 heavy (non-hydrogen) atoms. The highest BCUT2D eigenvalue weighted by Gasteiger charge is 2.11. The Hall–Kier alpha value is -2.25. The summed E-state index contributed by atoms with van der Waals surface area (Å²) in [6, 6.07) is 0. The fraction of sp³-hybridized carbons (Fsp3) is 0.375. The molecule has 0 aromatic carbocycles. The van der Waals surface area contributed by atoms with Crippen molar-refractivity contribution < 1.29 is 4.79 Å². The van der Waals surface area contributed by atoms with E-state index in [2.05, 4.69) is 15.3 Å². The summed E-state index contributed by atoms with van der Waals surface area (Å²) in [5.74, 6) is -0.605. The van der Waals surface area contributed by atoms with Gasteiger partial charge >= 0.3 is 0 Å². The minimum absolute atomic E-state index is 0.144. The lowest BCUT2D eigenvalue weighted by Crippen LogP contribution is -2.28. The number of hydrogen-bond donors (Lipinski definition) is 1. The minimum atomic E-state index is -0.605. The maximum Gasteiger partial charge on any atom is 0.283 e. The third-order valence-corrected chi connectivity index (χ3v) is 2.12.